The summed E-state index contributed by atoms with van der Waals surface area (Å²) < 4.78 is 0. The summed E-state index contributed by atoms with van der Waals surface area (Å²) in [6.07, 6.45) is 4.45. The summed E-state index contributed by atoms with van der Waals surface area (Å²) in [6, 6.07) is 9.04. The van der Waals surface area contributed by atoms with Crippen LogP contribution in [0.2, 0.25) is 0 Å². The standard InChI is InChI=1S/C15H13N5O4/c21-14(17-9-12-2-1-7-16-8-12)15(22)19-18-10-11-3-5-13(6-4-11)20(23)24/h1-8,10H,9H2,(H,17,21)(H,19,22)/b18-10-. The number of carbonyl (C=O) groups excluding carboxylic acids is 2. The molecule has 122 valence electrons. The van der Waals surface area contributed by atoms with Crippen molar-refractivity contribution in [2.24, 2.45) is 5.10 Å². The zero-order valence-corrected chi connectivity index (χ0v) is 12.4. The summed E-state index contributed by atoms with van der Waals surface area (Å²) >= 11 is 0. The van der Waals surface area contributed by atoms with E-state index in [0.717, 1.165) is 5.56 Å². The van der Waals surface area contributed by atoms with Crippen molar-refractivity contribution in [3.8, 4) is 0 Å². The number of hydrogen-bond acceptors (Lipinski definition) is 6. The second-order valence-electron chi connectivity index (χ2n) is 4.59. The van der Waals surface area contributed by atoms with E-state index in [4.69, 9.17) is 0 Å². The molecule has 9 heteroatoms. The van der Waals surface area contributed by atoms with Crippen molar-refractivity contribution in [3.63, 3.8) is 0 Å². The van der Waals surface area contributed by atoms with E-state index in [-0.39, 0.29) is 12.2 Å². The molecule has 2 N–H and O–H groups in total. The lowest BCUT2D eigenvalue weighted by atomic mass is 10.2. The zero-order chi connectivity index (χ0) is 17.4. The van der Waals surface area contributed by atoms with Gasteiger partial charge in [0.15, 0.2) is 0 Å². The predicted molar refractivity (Wildman–Crippen MR) is 84.9 cm³/mol. The van der Waals surface area contributed by atoms with Crippen LogP contribution in [-0.2, 0) is 16.1 Å². The van der Waals surface area contributed by atoms with Crippen LogP contribution in [0.1, 0.15) is 11.1 Å². The maximum Gasteiger partial charge on any atom is 0.329 e. The molecule has 0 radical (unpaired) electrons. The van der Waals surface area contributed by atoms with Gasteiger partial charge in [-0.25, -0.2) is 5.43 Å². The Labute approximate surface area is 136 Å². The first-order valence-corrected chi connectivity index (χ1v) is 6.81. The van der Waals surface area contributed by atoms with Crippen LogP contribution in [0.4, 0.5) is 5.69 Å². The van der Waals surface area contributed by atoms with Crippen molar-refractivity contribution in [1.29, 1.82) is 0 Å². The molecule has 2 rings (SSSR count). The van der Waals surface area contributed by atoms with Crippen LogP contribution in [0.3, 0.4) is 0 Å². The third kappa shape index (κ3) is 4.98. The van der Waals surface area contributed by atoms with E-state index >= 15 is 0 Å². The molecule has 0 aliphatic heterocycles. The number of carbonyl (C=O) groups is 2. The van der Waals surface area contributed by atoms with E-state index in [9.17, 15) is 19.7 Å². The number of nitrogens with zero attached hydrogens (tertiary/aromatic N) is 3. The van der Waals surface area contributed by atoms with Crippen molar-refractivity contribution < 1.29 is 14.5 Å². The summed E-state index contributed by atoms with van der Waals surface area (Å²) in [6.45, 7) is 0.173. The summed E-state index contributed by atoms with van der Waals surface area (Å²) in [7, 11) is 0. The first-order valence-electron chi connectivity index (χ1n) is 6.81. The molecule has 2 amide bonds. The number of benzene rings is 1. The molecule has 0 saturated carbocycles. The minimum atomic E-state index is -0.919. The molecule has 1 aromatic carbocycles. The van der Waals surface area contributed by atoms with Gasteiger partial charge in [0.05, 0.1) is 11.1 Å². The van der Waals surface area contributed by atoms with E-state index in [1.807, 2.05) is 0 Å². The van der Waals surface area contributed by atoms with Gasteiger partial charge >= 0.3 is 11.8 Å². The first-order chi connectivity index (χ1) is 11.6. The van der Waals surface area contributed by atoms with Gasteiger partial charge in [-0.05, 0) is 29.3 Å². The van der Waals surface area contributed by atoms with Gasteiger partial charge in [0.25, 0.3) is 5.69 Å². The molecule has 0 fully saturated rings. The van der Waals surface area contributed by atoms with Gasteiger partial charge in [0, 0.05) is 31.1 Å². The molecule has 9 nitrogen and oxygen atoms in total. The van der Waals surface area contributed by atoms with Gasteiger partial charge in [-0.3, -0.25) is 24.7 Å². The SMILES string of the molecule is O=C(NCc1cccnc1)C(=O)N/N=C\c1ccc([N+](=O)[O-])cc1. The number of hydrazone groups is 1. The summed E-state index contributed by atoms with van der Waals surface area (Å²) in [5.74, 6) is -1.75. The van der Waals surface area contributed by atoms with Crippen molar-refractivity contribution in [3.05, 3.63) is 70.0 Å². The van der Waals surface area contributed by atoms with Crippen LogP contribution >= 0.6 is 0 Å². The highest BCUT2D eigenvalue weighted by atomic mass is 16.6. The molecule has 2 aromatic rings. The van der Waals surface area contributed by atoms with Crippen molar-refractivity contribution in [2.45, 2.75) is 6.54 Å². The van der Waals surface area contributed by atoms with Crippen LogP contribution in [0, 0.1) is 10.1 Å². The molecule has 1 heterocycles. The highest BCUT2D eigenvalue weighted by molar-refractivity contribution is 6.35. The number of nitro groups is 1. The Kier molecular flexibility index (Phi) is 5.67. The van der Waals surface area contributed by atoms with Gasteiger partial charge in [-0.2, -0.15) is 5.10 Å². The third-order valence-corrected chi connectivity index (χ3v) is 2.87. The number of amides is 2. The molecule has 0 spiro atoms. The third-order valence-electron chi connectivity index (χ3n) is 2.87. The number of aromatic nitrogens is 1. The molecule has 0 atom stereocenters. The monoisotopic (exact) mass is 327 g/mol. The van der Waals surface area contributed by atoms with Crippen LogP contribution in [-0.4, -0.2) is 27.9 Å². The molecule has 24 heavy (non-hydrogen) atoms. The second-order valence-corrected chi connectivity index (χ2v) is 4.59. The van der Waals surface area contributed by atoms with Crippen LogP contribution in [0.5, 0.6) is 0 Å². The van der Waals surface area contributed by atoms with Gasteiger partial charge in [0.2, 0.25) is 0 Å². The minimum absolute atomic E-state index is 0.0500. The van der Waals surface area contributed by atoms with Crippen molar-refractivity contribution in [2.75, 3.05) is 0 Å². The zero-order valence-electron chi connectivity index (χ0n) is 12.4. The van der Waals surface area contributed by atoms with Crippen LogP contribution in [0.25, 0.3) is 0 Å². The summed E-state index contributed by atoms with van der Waals surface area (Å²) in [5, 5.41) is 16.6. The average Bonchev–Trinajstić information content (AvgIpc) is 2.61. The first kappa shape index (κ1) is 16.7. The Morgan fingerprint density at radius 2 is 1.96 bits per heavy atom. The Morgan fingerprint density at radius 1 is 1.21 bits per heavy atom. The highest BCUT2D eigenvalue weighted by Gasteiger charge is 2.11. The molecule has 0 aliphatic carbocycles. The summed E-state index contributed by atoms with van der Waals surface area (Å²) in [4.78, 5) is 37.0. The Hall–Kier alpha value is -3.62. The number of nitro benzene ring substituents is 1. The Balaban J connectivity index is 1.81. The fourth-order valence-electron chi connectivity index (χ4n) is 1.66. The lowest BCUT2D eigenvalue weighted by Crippen LogP contribution is -2.37. The molecule has 1 aromatic heterocycles. The van der Waals surface area contributed by atoms with Crippen molar-refractivity contribution in [1.82, 2.24) is 15.7 Å². The largest absolute Gasteiger partial charge is 0.344 e. The number of pyridine rings is 1. The van der Waals surface area contributed by atoms with Crippen LogP contribution < -0.4 is 10.7 Å². The fraction of sp³-hybridized carbons (Fsp3) is 0.0667. The smallest absolute Gasteiger partial charge is 0.329 e. The van der Waals surface area contributed by atoms with E-state index in [0.29, 0.717) is 5.56 Å². The van der Waals surface area contributed by atoms with Gasteiger partial charge in [-0.15, -0.1) is 0 Å². The van der Waals surface area contributed by atoms with Gasteiger partial charge in [0.1, 0.15) is 0 Å². The lowest BCUT2D eigenvalue weighted by Gasteiger charge is -2.03. The molecular weight excluding hydrogens is 314 g/mol. The van der Waals surface area contributed by atoms with E-state index in [2.05, 4.69) is 20.8 Å². The minimum Gasteiger partial charge on any atom is -0.344 e. The number of nitrogens with one attached hydrogen (secondary N) is 2. The van der Waals surface area contributed by atoms with E-state index in [1.54, 1.807) is 24.5 Å². The maximum atomic E-state index is 11.6. The fourth-order valence-corrected chi connectivity index (χ4v) is 1.66. The van der Waals surface area contributed by atoms with E-state index in [1.165, 1.54) is 30.5 Å². The second kappa shape index (κ2) is 8.13. The molecule has 0 unspecified atom stereocenters. The maximum absolute atomic E-state index is 11.6. The molecular formula is C15H13N5O4. The van der Waals surface area contributed by atoms with Crippen LogP contribution in [0.15, 0.2) is 53.9 Å². The molecule has 0 saturated heterocycles. The summed E-state index contributed by atoms with van der Waals surface area (Å²) in [5.41, 5.74) is 3.32. The quantitative estimate of drug-likeness (QED) is 0.363. The molecule has 0 bridgehead atoms. The average molecular weight is 327 g/mol. The van der Waals surface area contributed by atoms with E-state index < -0.39 is 16.7 Å². The predicted octanol–water partition coefficient (Wildman–Crippen LogP) is 0.756. The topological polar surface area (TPSA) is 127 Å². The number of non-ortho nitro benzene ring substituents is 1. The lowest BCUT2D eigenvalue weighted by molar-refractivity contribution is -0.384. The Bertz CT molecular complexity index is 759. The number of hydrogen-bond donors (Lipinski definition) is 2. The highest BCUT2D eigenvalue weighted by Crippen LogP contribution is 2.10. The molecule has 0 aliphatic rings. The van der Waals surface area contributed by atoms with Gasteiger partial charge in [-0.1, -0.05) is 6.07 Å². The number of rotatable bonds is 5. The van der Waals surface area contributed by atoms with Crippen molar-refractivity contribution >= 4 is 23.7 Å². The normalized spacial score (nSPS) is 10.3. The Morgan fingerprint density at radius 3 is 2.58 bits per heavy atom. The van der Waals surface area contributed by atoms with Gasteiger partial charge < -0.3 is 5.32 Å².